The quantitative estimate of drug-likeness (QED) is 0.807. The van der Waals surface area contributed by atoms with Gasteiger partial charge in [0, 0.05) is 19.1 Å². The van der Waals surface area contributed by atoms with Crippen LogP contribution in [0.15, 0.2) is 0 Å². The monoisotopic (exact) mass is 311 g/mol. The normalized spacial score (nSPS) is 24.5. The van der Waals surface area contributed by atoms with Gasteiger partial charge in [-0.15, -0.1) is 24.8 Å². The largest absolute Gasteiger partial charge is 0.354 e. The Labute approximate surface area is 128 Å². The topological polar surface area (TPSA) is 58.4 Å². The number of hydrogen-bond acceptors (Lipinski definition) is 3. The van der Waals surface area contributed by atoms with Gasteiger partial charge in [0.2, 0.25) is 5.91 Å². The maximum Gasteiger partial charge on any atom is 0.237 e. The number of nitrogens with one attached hydrogen (secondary N) is 1. The fraction of sp³-hybridized carbons (Fsp3) is 0.923. The lowest BCUT2D eigenvalue weighted by Gasteiger charge is -2.18. The average molecular weight is 312 g/mol. The first-order valence-corrected chi connectivity index (χ1v) is 6.85. The average Bonchev–Trinajstić information content (AvgIpc) is 3.05. The number of nitrogens with two attached hydrogens (primary N) is 1. The van der Waals surface area contributed by atoms with Gasteiger partial charge in [-0.2, -0.15) is 0 Å². The summed E-state index contributed by atoms with van der Waals surface area (Å²) in [5.74, 6) is 0.838. The third kappa shape index (κ3) is 5.46. The van der Waals surface area contributed by atoms with Gasteiger partial charge in [-0.25, -0.2) is 0 Å². The second-order valence-electron chi connectivity index (χ2n) is 5.90. The van der Waals surface area contributed by atoms with Gasteiger partial charge in [0.1, 0.15) is 0 Å². The minimum atomic E-state index is -0.365. The molecule has 2 atom stereocenters. The first kappa shape index (κ1) is 19.0. The van der Waals surface area contributed by atoms with Crippen LogP contribution in [0, 0.1) is 11.8 Å². The van der Waals surface area contributed by atoms with Crippen molar-refractivity contribution in [3.8, 4) is 0 Å². The molecule has 0 bridgehead atoms. The lowest BCUT2D eigenvalue weighted by atomic mass is 10.0. The van der Waals surface area contributed by atoms with Gasteiger partial charge >= 0.3 is 0 Å². The number of carbonyl (C=O) groups excluding carboxylic acids is 1. The molecule has 2 fully saturated rings. The summed E-state index contributed by atoms with van der Waals surface area (Å²) in [6, 6.07) is 0.490. The molecule has 1 amide bonds. The van der Waals surface area contributed by atoms with Crippen LogP contribution in [0.25, 0.3) is 0 Å². The van der Waals surface area contributed by atoms with Gasteiger partial charge in [-0.05, 0) is 37.6 Å². The van der Waals surface area contributed by atoms with Crippen molar-refractivity contribution in [3.63, 3.8) is 0 Å². The van der Waals surface area contributed by atoms with E-state index in [1.165, 1.54) is 25.8 Å². The van der Waals surface area contributed by atoms with Gasteiger partial charge in [-0.1, -0.05) is 13.8 Å². The van der Waals surface area contributed by atoms with Crippen molar-refractivity contribution in [2.45, 2.75) is 45.2 Å². The Kier molecular flexibility index (Phi) is 8.29. The lowest BCUT2D eigenvalue weighted by Crippen LogP contribution is -2.45. The number of hydrogen-bond donors (Lipinski definition) is 2. The van der Waals surface area contributed by atoms with Crippen molar-refractivity contribution >= 4 is 30.7 Å². The Morgan fingerprint density at radius 1 is 1.32 bits per heavy atom. The Bertz CT molecular complexity index is 285. The molecule has 1 saturated carbocycles. The van der Waals surface area contributed by atoms with Gasteiger partial charge in [0.05, 0.1) is 6.04 Å². The third-order valence-corrected chi connectivity index (χ3v) is 3.97. The van der Waals surface area contributed by atoms with E-state index >= 15 is 0 Å². The fourth-order valence-corrected chi connectivity index (χ4v) is 2.47. The predicted molar refractivity (Wildman–Crippen MR) is 83.0 cm³/mol. The van der Waals surface area contributed by atoms with Gasteiger partial charge in [-0.3, -0.25) is 4.79 Å². The summed E-state index contributed by atoms with van der Waals surface area (Å²) in [6.45, 7) is 7.12. The SMILES string of the molecule is CC(C)C(N)C(=O)NCC1CCN(C2CC2)C1.Cl.Cl. The minimum absolute atomic E-state index is 0. The van der Waals surface area contributed by atoms with E-state index in [-0.39, 0.29) is 42.7 Å². The number of rotatable bonds is 5. The van der Waals surface area contributed by atoms with E-state index in [2.05, 4.69) is 10.2 Å². The maximum absolute atomic E-state index is 11.7. The van der Waals surface area contributed by atoms with Crippen molar-refractivity contribution in [2.75, 3.05) is 19.6 Å². The molecule has 114 valence electrons. The van der Waals surface area contributed by atoms with Crippen LogP contribution in [0.5, 0.6) is 0 Å². The van der Waals surface area contributed by atoms with Crippen LogP contribution in [0.1, 0.15) is 33.1 Å². The van der Waals surface area contributed by atoms with E-state index in [1.807, 2.05) is 13.8 Å². The molecule has 0 aromatic rings. The van der Waals surface area contributed by atoms with Crippen molar-refractivity contribution in [1.82, 2.24) is 10.2 Å². The molecule has 3 N–H and O–H groups in total. The van der Waals surface area contributed by atoms with E-state index in [4.69, 9.17) is 5.73 Å². The Morgan fingerprint density at radius 2 is 1.95 bits per heavy atom. The maximum atomic E-state index is 11.7. The zero-order valence-electron chi connectivity index (χ0n) is 11.8. The van der Waals surface area contributed by atoms with Crippen molar-refractivity contribution in [3.05, 3.63) is 0 Å². The van der Waals surface area contributed by atoms with Crippen LogP contribution in [0.2, 0.25) is 0 Å². The summed E-state index contributed by atoms with van der Waals surface area (Å²) in [7, 11) is 0. The summed E-state index contributed by atoms with van der Waals surface area (Å²) in [6.07, 6.45) is 3.96. The predicted octanol–water partition coefficient (Wildman–Crippen LogP) is 1.41. The zero-order valence-corrected chi connectivity index (χ0v) is 13.4. The molecule has 0 aromatic carbocycles. The van der Waals surface area contributed by atoms with Gasteiger partial charge in [0.25, 0.3) is 0 Å². The first-order chi connectivity index (χ1) is 8.08. The summed E-state index contributed by atoms with van der Waals surface area (Å²) in [4.78, 5) is 14.3. The van der Waals surface area contributed by atoms with Crippen molar-refractivity contribution in [1.29, 1.82) is 0 Å². The fourth-order valence-electron chi connectivity index (χ4n) is 2.47. The number of amides is 1. The molecule has 6 heteroatoms. The lowest BCUT2D eigenvalue weighted by molar-refractivity contribution is -0.123. The molecule has 0 aromatic heterocycles. The second-order valence-corrected chi connectivity index (χ2v) is 5.90. The molecular formula is C13H27Cl2N3O. The molecule has 19 heavy (non-hydrogen) atoms. The highest BCUT2D eigenvalue weighted by molar-refractivity contribution is 5.85. The Hall–Kier alpha value is -0.0300. The van der Waals surface area contributed by atoms with E-state index in [0.29, 0.717) is 5.92 Å². The van der Waals surface area contributed by atoms with Gasteiger partial charge < -0.3 is 16.0 Å². The summed E-state index contributed by atoms with van der Waals surface area (Å²) < 4.78 is 0. The van der Waals surface area contributed by atoms with Crippen LogP contribution in [0.3, 0.4) is 0 Å². The number of nitrogens with zero attached hydrogens (tertiary/aromatic N) is 1. The standard InChI is InChI=1S/C13H25N3O.2ClH/c1-9(2)12(14)13(17)15-7-10-5-6-16(8-10)11-3-4-11;;/h9-12H,3-8,14H2,1-2H3,(H,15,17);2*1H. The van der Waals surface area contributed by atoms with Gasteiger partial charge in [0.15, 0.2) is 0 Å². The smallest absolute Gasteiger partial charge is 0.237 e. The molecule has 1 heterocycles. The summed E-state index contributed by atoms with van der Waals surface area (Å²) in [5, 5.41) is 2.99. The van der Waals surface area contributed by atoms with Crippen molar-refractivity contribution < 1.29 is 4.79 Å². The molecule has 0 radical (unpaired) electrons. The zero-order chi connectivity index (χ0) is 12.4. The van der Waals surface area contributed by atoms with Crippen LogP contribution in [-0.2, 0) is 4.79 Å². The molecule has 1 saturated heterocycles. The number of likely N-dealkylation sites (tertiary alicyclic amines) is 1. The van der Waals surface area contributed by atoms with E-state index in [9.17, 15) is 4.79 Å². The van der Waals surface area contributed by atoms with E-state index in [0.717, 1.165) is 19.1 Å². The van der Waals surface area contributed by atoms with Crippen LogP contribution in [0.4, 0.5) is 0 Å². The van der Waals surface area contributed by atoms with E-state index in [1.54, 1.807) is 0 Å². The second kappa shape index (κ2) is 8.30. The number of carbonyl (C=O) groups is 1. The van der Waals surface area contributed by atoms with Crippen LogP contribution >= 0.6 is 24.8 Å². The Morgan fingerprint density at radius 3 is 2.47 bits per heavy atom. The molecule has 1 aliphatic heterocycles. The highest BCUT2D eigenvalue weighted by atomic mass is 35.5. The highest BCUT2D eigenvalue weighted by Gasteiger charge is 2.34. The molecular weight excluding hydrogens is 285 g/mol. The summed E-state index contributed by atoms with van der Waals surface area (Å²) in [5.41, 5.74) is 5.81. The molecule has 4 nitrogen and oxygen atoms in total. The molecule has 2 aliphatic rings. The van der Waals surface area contributed by atoms with E-state index < -0.39 is 0 Å². The Balaban J connectivity index is 0.00000162. The molecule has 2 rings (SSSR count). The number of halogens is 2. The minimum Gasteiger partial charge on any atom is -0.354 e. The summed E-state index contributed by atoms with van der Waals surface area (Å²) >= 11 is 0. The molecule has 2 unspecified atom stereocenters. The van der Waals surface area contributed by atoms with Crippen LogP contribution < -0.4 is 11.1 Å². The molecule has 1 aliphatic carbocycles. The molecule has 0 spiro atoms. The first-order valence-electron chi connectivity index (χ1n) is 6.85. The van der Waals surface area contributed by atoms with Crippen LogP contribution in [-0.4, -0.2) is 42.5 Å². The third-order valence-electron chi connectivity index (χ3n) is 3.97. The highest BCUT2D eigenvalue weighted by Crippen LogP contribution is 2.31. The van der Waals surface area contributed by atoms with Crippen molar-refractivity contribution in [2.24, 2.45) is 17.6 Å².